The molecular formula is C14H20Cl2N2O2S. The molecule has 0 aromatic heterocycles. The van der Waals surface area contributed by atoms with Crippen LogP contribution in [-0.4, -0.2) is 31.4 Å². The van der Waals surface area contributed by atoms with Crippen LogP contribution in [0.5, 0.6) is 0 Å². The Kier molecular flexibility index (Phi) is 4.90. The minimum Gasteiger partial charge on any atom is -0.328 e. The van der Waals surface area contributed by atoms with Crippen molar-refractivity contribution in [3.63, 3.8) is 0 Å². The van der Waals surface area contributed by atoms with E-state index in [1.54, 1.807) is 19.9 Å². The Labute approximate surface area is 136 Å². The molecule has 0 radical (unpaired) electrons. The van der Waals surface area contributed by atoms with E-state index in [4.69, 9.17) is 28.9 Å². The molecular weight excluding hydrogens is 331 g/mol. The number of piperidine rings is 1. The molecule has 1 aromatic rings. The molecule has 1 saturated heterocycles. The molecule has 1 aliphatic heterocycles. The highest BCUT2D eigenvalue weighted by molar-refractivity contribution is 7.89. The second-order valence-electron chi connectivity index (χ2n) is 5.69. The quantitative estimate of drug-likeness (QED) is 0.891. The Balaban J connectivity index is 2.55. The van der Waals surface area contributed by atoms with E-state index < -0.39 is 10.0 Å². The van der Waals surface area contributed by atoms with Crippen LogP contribution in [0.15, 0.2) is 11.0 Å². The molecule has 7 heteroatoms. The third kappa shape index (κ3) is 3.08. The fraction of sp³-hybridized carbons (Fsp3) is 0.571. The van der Waals surface area contributed by atoms with Crippen molar-refractivity contribution in [1.29, 1.82) is 0 Å². The van der Waals surface area contributed by atoms with Crippen molar-refractivity contribution in [2.75, 3.05) is 6.54 Å². The van der Waals surface area contributed by atoms with Crippen LogP contribution in [0.4, 0.5) is 0 Å². The Morgan fingerprint density at radius 2 is 1.95 bits per heavy atom. The fourth-order valence-corrected chi connectivity index (χ4v) is 5.61. The fourth-order valence-electron chi connectivity index (χ4n) is 2.78. The molecule has 1 aliphatic rings. The largest absolute Gasteiger partial charge is 0.328 e. The third-order valence-electron chi connectivity index (χ3n) is 4.01. The van der Waals surface area contributed by atoms with Gasteiger partial charge in [0.05, 0.1) is 5.02 Å². The smallest absolute Gasteiger partial charge is 0.245 e. The van der Waals surface area contributed by atoms with Gasteiger partial charge in [0, 0.05) is 23.7 Å². The molecule has 2 atom stereocenters. The number of benzene rings is 1. The number of hydrogen-bond donors (Lipinski definition) is 1. The van der Waals surface area contributed by atoms with Crippen LogP contribution in [-0.2, 0) is 10.0 Å². The van der Waals surface area contributed by atoms with Crippen LogP contribution in [0.25, 0.3) is 0 Å². The molecule has 1 fully saturated rings. The van der Waals surface area contributed by atoms with Crippen LogP contribution < -0.4 is 5.73 Å². The second-order valence-corrected chi connectivity index (χ2v) is 8.31. The summed E-state index contributed by atoms with van der Waals surface area (Å²) in [6.45, 7) is 5.71. The Hall–Kier alpha value is -0.330. The summed E-state index contributed by atoms with van der Waals surface area (Å²) in [5.41, 5.74) is 7.06. The molecule has 1 aromatic carbocycles. The zero-order valence-electron chi connectivity index (χ0n) is 12.4. The minimum absolute atomic E-state index is 0.0455. The average molecular weight is 351 g/mol. The van der Waals surface area contributed by atoms with Gasteiger partial charge in [-0.2, -0.15) is 4.31 Å². The van der Waals surface area contributed by atoms with Crippen molar-refractivity contribution in [3.8, 4) is 0 Å². The van der Waals surface area contributed by atoms with Gasteiger partial charge in [0.1, 0.15) is 4.90 Å². The van der Waals surface area contributed by atoms with Crippen LogP contribution in [0.2, 0.25) is 10.0 Å². The lowest BCUT2D eigenvalue weighted by Gasteiger charge is -2.35. The predicted octanol–water partition coefficient (Wildman–Crippen LogP) is 3.11. The molecule has 0 spiro atoms. The molecule has 0 aliphatic carbocycles. The highest BCUT2D eigenvalue weighted by Gasteiger charge is 2.36. The summed E-state index contributed by atoms with van der Waals surface area (Å²) in [6.07, 6.45) is 1.30. The van der Waals surface area contributed by atoms with Crippen LogP contribution in [0, 0.1) is 13.8 Å². The lowest BCUT2D eigenvalue weighted by molar-refractivity contribution is 0.247. The molecule has 2 unspecified atom stereocenters. The number of nitrogens with two attached hydrogens (primary N) is 1. The molecule has 1 heterocycles. The van der Waals surface area contributed by atoms with Gasteiger partial charge in [0.25, 0.3) is 0 Å². The number of aryl methyl sites for hydroxylation is 1. The first-order valence-electron chi connectivity index (χ1n) is 6.89. The van der Waals surface area contributed by atoms with Crippen molar-refractivity contribution in [1.82, 2.24) is 4.31 Å². The topological polar surface area (TPSA) is 63.4 Å². The molecule has 2 N–H and O–H groups in total. The van der Waals surface area contributed by atoms with Gasteiger partial charge in [0.2, 0.25) is 10.0 Å². The lowest BCUT2D eigenvalue weighted by Crippen LogP contribution is -2.48. The van der Waals surface area contributed by atoms with Gasteiger partial charge in [-0.1, -0.05) is 23.2 Å². The van der Waals surface area contributed by atoms with Gasteiger partial charge in [-0.3, -0.25) is 0 Å². The van der Waals surface area contributed by atoms with E-state index >= 15 is 0 Å². The van der Waals surface area contributed by atoms with Crippen LogP contribution >= 0.6 is 23.2 Å². The first kappa shape index (κ1) is 17.0. The molecule has 118 valence electrons. The summed E-state index contributed by atoms with van der Waals surface area (Å²) in [7, 11) is -3.68. The van der Waals surface area contributed by atoms with E-state index in [-0.39, 0.29) is 22.0 Å². The monoisotopic (exact) mass is 350 g/mol. The van der Waals surface area contributed by atoms with Crippen molar-refractivity contribution in [2.24, 2.45) is 5.73 Å². The zero-order valence-corrected chi connectivity index (χ0v) is 14.7. The van der Waals surface area contributed by atoms with E-state index in [2.05, 4.69) is 0 Å². The maximum Gasteiger partial charge on any atom is 0.245 e. The zero-order chi connectivity index (χ0) is 15.9. The van der Waals surface area contributed by atoms with Gasteiger partial charge >= 0.3 is 0 Å². The van der Waals surface area contributed by atoms with Crippen molar-refractivity contribution < 1.29 is 8.42 Å². The van der Waals surface area contributed by atoms with Gasteiger partial charge in [-0.25, -0.2) is 8.42 Å². The highest BCUT2D eigenvalue weighted by atomic mass is 35.5. The van der Waals surface area contributed by atoms with Gasteiger partial charge in [-0.05, 0) is 50.8 Å². The SMILES string of the molecule is Cc1cc(Cl)c(C)c(S(=O)(=O)N2CCC(N)CC2C)c1Cl. The first-order valence-corrected chi connectivity index (χ1v) is 9.08. The van der Waals surface area contributed by atoms with E-state index in [1.165, 1.54) is 4.31 Å². The molecule has 2 rings (SSSR count). The highest BCUT2D eigenvalue weighted by Crippen LogP contribution is 2.36. The summed E-state index contributed by atoms with van der Waals surface area (Å²) in [5.74, 6) is 0. The normalized spacial score (nSPS) is 24.3. The molecule has 0 bridgehead atoms. The lowest BCUT2D eigenvalue weighted by atomic mass is 10.0. The maximum absolute atomic E-state index is 13.0. The standard InChI is InChI=1S/C14H20Cl2N2O2S/c1-8-6-12(15)10(3)14(13(8)16)21(19,20)18-5-4-11(17)7-9(18)2/h6,9,11H,4-5,7,17H2,1-3H3. The van der Waals surface area contributed by atoms with Gasteiger partial charge < -0.3 is 5.73 Å². The molecule has 0 amide bonds. The maximum atomic E-state index is 13.0. The van der Waals surface area contributed by atoms with E-state index in [0.29, 0.717) is 35.5 Å². The summed E-state index contributed by atoms with van der Waals surface area (Å²) in [6, 6.07) is 1.59. The summed E-state index contributed by atoms with van der Waals surface area (Å²) in [4.78, 5) is 0.122. The van der Waals surface area contributed by atoms with E-state index in [0.717, 1.165) is 0 Å². The summed E-state index contributed by atoms with van der Waals surface area (Å²) < 4.78 is 27.5. The Bertz CT molecular complexity index is 635. The van der Waals surface area contributed by atoms with Crippen molar-refractivity contribution >= 4 is 33.2 Å². The van der Waals surface area contributed by atoms with Crippen molar-refractivity contribution in [2.45, 2.75) is 50.6 Å². The summed E-state index contributed by atoms with van der Waals surface area (Å²) >= 11 is 12.4. The average Bonchev–Trinajstić information content (AvgIpc) is 2.36. The summed E-state index contributed by atoms with van der Waals surface area (Å²) in [5, 5.41) is 0.663. The number of nitrogens with zero attached hydrogens (tertiary/aromatic N) is 1. The van der Waals surface area contributed by atoms with Crippen LogP contribution in [0.1, 0.15) is 30.9 Å². The Morgan fingerprint density at radius 1 is 1.33 bits per heavy atom. The molecule has 4 nitrogen and oxygen atoms in total. The van der Waals surface area contributed by atoms with Gasteiger partial charge in [-0.15, -0.1) is 0 Å². The van der Waals surface area contributed by atoms with E-state index in [9.17, 15) is 8.42 Å². The number of rotatable bonds is 2. The third-order valence-corrected chi connectivity index (χ3v) is 7.19. The number of sulfonamides is 1. The minimum atomic E-state index is -3.68. The second kappa shape index (κ2) is 6.05. The predicted molar refractivity (Wildman–Crippen MR) is 86.5 cm³/mol. The van der Waals surface area contributed by atoms with Crippen molar-refractivity contribution in [3.05, 3.63) is 27.2 Å². The Morgan fingerprint density at radius 3 is 2.52 bits per heavy atom. The molecule has 21 heavy (non-hydrogen) atoms. The number of hydrogen-bond acceptors (Lipinski definition) is 3. The van der Waals surface area contributed by atoms with Gasteiger partial charge in [0.15, 0.2) is 0 Å². The van der Waals surface area contributed by atoms with E-state index in [1.807, 2.05) is 6.92 Å². The van der Waals surface area contributed by atoms with Crippen LogP contribution in [0.3, 0.4) is 0 Å². The first-order chi connectivity index (χ1) is 9.66. The molecule has 0 saturated carbocycles. The number of halogens is 2.